The molecule has 108 valence electrons. The molecule has 5 nitrogen and oxygen atoms in total. The van der Waals surface area contributed by atoms with Crippen molar-refractivity contribution < 1.29 is 9.59 Å². The Morgan fingerprint density at radius 3 is 2.55 bits per heavy atom. The average molecular weight is 275 g/mol. The maximum Gasteiger partial charge on any atom is 0.253 e. The second-order valence-corrected chi connectivity index (χ2v) is 5.29. The summed E-state index contributed by atoms with van der Waals surface area (Å²) in [5, 5.41) is 5.75. The van der Waals surface area contributed by atoms with Crippen molar-refractivity contribution in [2.45, 2.75) is 45.1 Å². The topological polar surface area (TPSA) is 71.1 Å². The van der Waals surface area contributed by atoms with Gasteiger partial charge in [-0.2, -0.15) is 0 Å². The average Bonchev–Trinajstić information content (AvgIpc) is 2.89. The van der Waals surface area contributed by atoms with Crippen molar-refractivity contribution in [3.8, 4) is 0 Å². The van der Waals surface area contributed by atoms with Crippen LogP contribution in [0.15, 0.2) is 18.3 Å². The summed E-state index contributed by atoms with van der Waals surface area (Å²) < 4.78 is 0. The van der Waals surface area contributed by atoms with Gasteiger partial charge in [0.25, 0.3) is 5.91 Å². The van der Waals surface area contributed by atoms with E-state index in [4.69, 9.17) is 0 Å². The number of carbonyl (C=O) groups is 2. The van der Waals surface area contributed by atoms with Crippen LogP contribution in [0.1, 0.15) is 48.7 Å². The van der Waals surface area contributed by atoms with E-state index in [0.29, 0.717) is 24.9 Å². The molecule has 1 saturated carbocycles. The van der Waals surface area contributed by atoms with Gasteiger partial charge in [-0.05, 0) is 38.8 Å². The maximum absolute atomic E-state index is 12.3. The minimum atomic E-state index is -0.752. The van der Waals surface area contributed by atoms with Crippen LogP contribution in [-0.2, 0) is 4.79 Å². The molecule has 0 aromatic carbocycles. The molecule has 1 heterocycles. The Morgan fingerprint density at radius 2 is 2.00 bits per heavy atom. The summed E-state index contributed by atoms with van der Waals surface area (Å²) in [6.45, 7) is 4.32. The van der Waals surface area contributed by atoms with E-state index in [0.717, 1.165) is 18.5 Å². The molecule has 20 heavy (non-hydrogen) atoms. The molecule has 2 amide bonds. The zero-order valence-electron chi connectivity index (χ0n) is 12.0. The van der Waals surface area contributed by atoms with Crippen molar-refractivity contribution in [3.63, 3.8) is 0 Å². The van der Waals surface area contributed by atoms with Gasteiger partial charge in [-0.15, -0.1) is 0 Å². The van der Waals surface area contributed by atoms with Gasteiger partial charge in [-0.1, -0.05) is 12.8 Å². The van der Waals surface area contributed by atoms with Crippen molar-refractivity contribution in [2.75, 3.05) is 6.54 Å². The first-order valence-electron chi connectivity index (χ1n) is 7.11. The zero-order chi connectivity index (χ0) is 14.6. The van der Waals surface area contributed by atoms with Crippen LogP contribution in [0.3, 0.4) is 0 Å². The lowest BCUT2D eigenvalue weighted by molar-refractivity contribution is -0.127. The molecule has 0 saturated heterocycles. The van der Waals surface area contributed by atoms with Gasteiger partial charge in [-0.3, -0.25) is 14.6 Å². The summed E-state index contributed by atoms with van der Waals surface area (Å²) in [5.74, 6) is -0.309. The number of hydrogen-bond donors (Lipinski definition) is 2. The molecule has 1 fully saturated rings. The highest BCUT2D eigenvalue weighted by Crippen LogP contribution is 2.30. The maximum atomic E-state index is 12.3. The van der Waals surface area contributed by atoms with Gasteiger partial charge in [-0.25, -0.2) is 0 Å². The van der Waals surface area contributed by atoms with E-state index in [1.165, 1.54) is 0 Å². The molecule has 2 rings (SSSR count). The van der Waals surface area contributed by atoms with E-state index >= 15 is 0 Å². The number of aromatic nitrogens is 1. The number of amides is 2. The van der Waals surface area contributed by atoms with E-state index in [1.807, 2.05) is 13.8 Å². The van der Waals surface area contributed by atoms with Gasteiger partial charge in [0.05, 0.1) is 5.56 Å². The van der Waals surface area contributed by atoms with Crippen molar-refractivity contribution in [1.82, 2.24) is 15.6 Å². The second kappa shape index (κ2) is 6.03. The zero-order valence-corrected chi connectivity index (χ0v) is 12.0. The van der Waals surface area contributed by atoms with Gasteiger partial charge in [0.2, 0.25) is 5.91 Å². The van der Waals surface area contributed by atoms with Crippen molar-refractivity contribution >= 4 is 11.8 Å². The normalized spacial score (nSPS) is 16.7. The lowest BCUT2D eigenvalue weighted by Gasteiger charge is -2.28. The summed E-state index contributed by atoms with van der Waals surface area (Å²) in [5.41, 5.74) is 0.602. The number of rotatable bonds is 4. The standard InChI is InChI=1S/C15H21N3O2/c1-3-16-14(20)15(8-4-5-9-15)18-13(19)12-7-6-11(2)17-10-12/h6-7,10H,3-5,8-9H2,1-2H3,(H,16,20)(H,18,19). The summed E-state index contributed by atoms with van der Waals surface area (Å²) in [6, 6.07) is 3.53. The quantitative estimate of drug-likeness (QED) is 0.876. The summed E-state index contributed by atoms with van der Waals surface area (Å²) >= 11 is 0. The van der Waals surface area contributed by atoms with E-state index in [1.54, 1.807) is 18.3 Å². The van der Waals surface area contributed by atoms with Crippen LogP contribution in [0.25, 0.3) is 0 Å². The fourth-order valence-electron chi connectivity index (χ4n) is 2.61. The molecule has 1 aliphatic carbocycles. The molecular formula is C15H21N3O2. The summed E-state index contributed by atoms with van der Waals surface area (Å²) in [6.07, 6.45) is 4.87. The van der Waals surface area contributed by atoms with Gasteiger partial charge in [0, 0.05) is 18.4 Å². The van der Waals surface area contributed by atoms with Crippen LogP contribution in [0.2, 0.25) is 0 Å². The number of carbonyl (C=O) groups excluding carboxylic acids is 2. The first kappa shape index (κ1) is 14.5. The van der Waals surface area contributed by atoms with Crippen LogP contribution in [0.5, 0.6) is 0 Å². The third kappa shape index (κ3) is 2.98. The van der Waals surface area contributed by atoms with Crippen molar-refractivity contribution in [2.24, 2.45) is 0 Å². The molecule has 0 unspecified atom stereocenters. The highest BCUT2D eigenvalue weighted by Gasteiger charge is 2.42. The Balaban J connectivity index is 2.14. The molecule has 0 bridgehead atoms. The van der Waals surface area contributed by atoms with Crippen LogP contribution in [0.4, 0.5) is 0 Å². The number of nitrogens with one attached hydrogen (secondary N) is 2. The van der Waals surface area contributed by atoms with Crippen LogP contribution in [-0.4, -0.2) is 28.9 Å². The van der Waals surface area contributed by atoms with Crippen LogP contribution < -0.4 is 10.6 Å². The third-order valence-corrected chi connectivity index (χ3v) is 3.76. The van der Waals surface area contributed by atoms with Gasteiger partial charge in [0.15, 0.2) is 0 Å². The Kier molecular flexibility index (Phi) is 4.37. The predicted molar refractivity (Wildman–Crippen MR) is 76.3 cm³/mol. The molecule has 2 N–H and O–H groups in total. The molecular weight excluding hydrogens is 254 g/mol. The Morgan fingerprint density at radius 1 is 1.30 bits per heavy atom. The largest absolute Gasteiger partial charge is 0.354 e. The Hall–Kier alpha value is -1.91. The number of pyridine rings is 1. The Labute approximate surface area is 119 Å². The molecule has 0 aliphatic heterocycles. The van der Waals surface area contributed by atoms with Gasteiger partial charge in [0.1, 0.15) is 5.54 Å². The number of aryl methyl sites for hydroxylation is 1. The van der Waals surface area contributed by atoms with Gasteiger partial charge >= 0.3 is 0 Å². The highest BCUT2D eigenvalue weighted by molar-refractivity contribution is 5.99. The molecule has 0 spiro atoms. The van der Waals surface area contributed by atoms with E-state index < -0.39 is 5.54 Å². The van der Waals surface area contributed by atoms with E-state index in [9.17, 15) is 9.59 Å². The van der Waals surface area contributed by atoms with E-state index in [-0.39, 0.29) is 11.8 Å². The summed E-state index contributed by atoms with van der Waals surface area (Å²) in [7, 11) is 0. The smallest absolute Gasteiger partial charge is 0.253 e. The molecule has 5 heteroatoms. The monoisotopic (exact) mass is 275 g/mol. The molecule has 0 radical (unpaired) electrons. The first-order valence-corrected chi connectivity index (χ1v) is 7.11. The molecule has 1 aromatic heterocycles. The third-order valence-electron chi connectivity index (χ3n) is 3.76. The van der Waals surface area contributed by atoms with E-state index in [2.05, 4.69) is 15.6 Å². The van der Waals surface area contributed by atoms with Crippen molar-refractivity contribution in [1.29, 1.82) is 0 Å². The van der Waals surface area contributed by atoms with Crippen LogP contribution in [0, 0.1) is 6.92 Å². The molecule has 1 aromatic rings. The molecule has 1 aliphatic rings. The number of nitrogens with zero attached hydrogens (tertiary/aromatic N) is 1. The Bertz CT molecular complexity index is 490. The number of likely N-dealkylation sites (N-methyl/N-ethyl adjacent to an activating group) is 1. The lowest BCUT2D eigenvalue weighted by atomic mass is 9.95. The van der Waals surface area contributed by atoms with Crippen molar-refractivity contribution in [3.05, 3.63) is 29.6 Å². The van der Waals surface area contributed by atoms with Crippen LogP contribution >= 0.6 is 0 Å². The van der Waals surface area contributed by atoms with Gasteiger partial charge < -0.3 is 10.6 Å². The minimum Gasteiger partial charge on any atom is -0.354 e. The first-order chi connectivity index (χ1) is 9.57. The lowest BCUT2D eigenvalue weighted by Crippen LogP contribution is -2.57. The SMILES string of the molecule is CCNC(=O)C1(NC(=O)c2ccc(C)nc2)CCCC1. The number of hydrogen-bond acceptors (Lipinski definition) is 3. The molecule has 0 atom stereocenters. The summed E-state index contributed by atoms with van der Waals surface area (Å²) in [4.78, 5) is 28.7. The predicted octanol–water partition coefficient (Wildman–Crippen LogP) is 1.57. The fourth-order valence-corrected chi connectivity index (χ4v) is 2.61. The highest BCUT2D eigenvalue weighted by atomic mass is 16.2. The second-order valence-electron chi connectivity index (χ2n) is 5.29. The fraction of sp³-hybridized carbons (Fsp3) is 0.533. The minimum absolute atomic E-state index is 0.0779.